The minimum atomic E-state index is 0.248. The number of nitrogens with two attached hydrogens (primary N) is 1. The van der Waals surface area contributed by atoms with Crippen LogP contribution in [0.5, 0.6) is 0 Å². The molecule has 0 atom stereocenters. The molecule has 0 heterocycles. The van der Waals surface area contributed by atoms with Crippen molar-refractivity contribution in [1.29, 1.82) is 0 Å². The van der Waals surface area contributed by atoms with Gasteiger partial charge in [0.05, 0.1) is 0 Å². The van der Waals surface area contributed by atoms with Crippen LogP contribution in [0.15, 0.2) is 29.4 Å². The molecule has 1 rings (SSSR count). The van der Waals surface area contributed by atoms with Crippen LogP contribution in [0.2, 0.25) is 0 Å². The fourth-order valence-electron chi connectivity index (χ4n) is 1.49. The monoisotopic (exact) mass is 192 g/mol. The molecule has 0 radical (unpaired) electrons. The highest BCUT2D eigenvalue weighted by molar-refractivity contribution is 5.82. The van der Waals surface area contributed by atoms with Gasteiger partial charge in [-0.1, -0.05) is 43.3 Å². The van der Waals surface area contributed by atoms with Crippen molar-refractivity contribution in [2.75, 3.05) is 0 Å². The van der Waals surface area contributed by atoms with Gasteiger partial charge in [-0.25, -0.2) is 0 Å². The summed E-state index contributed by atoms with van der Waals surface area (Å²) in [6.07, 6.45) is 0.505. The van der Waals surface area contributed by atoms with Gasteiger partial charge < -0.3 is 10.9 Å². The Morgan fingerprint density at radius 3 is 2.64 bits per heavy atom. The average molecular weight is 192 g/mol. The summed E-state index contributed by atoms with van der Waals surface area (Å²) in [6.45, 7) is 4.26. The summed E-state index contributed by atoms with van der Waals surface area (Å²) in [4.78, 5) is 0. The summed E-state index contributed by atoms with van der Waals surface area (Å²) in [6, 6.07) is 8.05. The number of benzene rings is 1. The van der Waals surface area contributed by atoms with E-state index in [2.05, 4.69) is 25.1 Å². The SMILES string of the molecule is CC(C)c1ccccc1C/C(N)=N/O. The quantitative estimate of drug-likeness (QED) is 0.333. The second-order valence-electron chi connectivity index (χ2n) is 3.62. The first-order valence-electron chi connectivity index (χ1n) is 4.69. The first-order chi connectivity index (χ1) is 6.65. The van der Waals surface area contributed by atoms with E-state index < -0.39 is 0 Å². The number of hydrogen-bond acceptors (Lipinski definition) is 2. The fraction of sp³-hybridized carbons (Fsp3) is 0.364. The molecule has 0 bridgehead atoms. The summed E-state index contributed by atoms with van der Waals surface area (Å²) >= 11 is 0. The van der Waals surface area contributed by atoms with Crippen LogP contribution in [0.1, 0.15) is 30.9 Å². The third-order valence-corrected chi connectivity index (χ3v) is 2.18. The Morgan fingerprint density at radius 2 is 2.07 bits per heavy atom. The van der Waals surface area contributed by atoms with Crippen molar-refractivity contribution >= 4 is 5.84 Å². The molecule has 3 nitrogen and oxygen atoms in total. The van der Waals surface area contributed by atoms with Crippen LogP contribution < -0.4 is 5.73 Å². The molecular weight excluding hydrogens is 176 g/mol. The Bertz CT molecular complexity index is 332. The third kappa shape index (κ3) is 2.49. The lowest BCUT2D eigenvalue weighted by Crippen LogP contribution is -2.16. The predicted octanol–water partition coefficient (Wildman–Crippen LogP) is 2.10. The van der Waals surface area contributed by atoms with E-state index in [9.17, 15) is 0 Å². The Morgan fingerprint density at radius 1 is 1.43 bits per heavy atom. The molecule has 0 aliphatic carbocycles. The Balaban J connectivity index is 2.96. The van der Waals surface area contributed by atoms with Crippen molar-refractivity contribution in [2.45, 2.75) is 26.2 Å². The van der Waals surface area contributed by atoms with Crippen LogP contribution in [0.4, 0.5) is 0 Å². The minimum Gasteiger partial charge on any atom is -0.409 e. The summed E-state index contributed by atoms with van der Waals surface area (Å²) < 4.78 is 0. The van der Waals surface area contributed by atoms with Crippen molar-refractivity contribution in [1.82, 2.24) is 0 Å². The van der Waals surface area contributed by atoms with Gasteiger partial charge in [-0.15, -0.1) is 0 Å². The molecule has 0 saturated heterocycles. The van der Waals surface area contributed by atoms with Gasteiger partial charge in [0.15, 0.2) is 0 Å². The maximum Gasteiger partial charge on any atom is 0.143 e. The molecule has 0 fully saturated rings. The highest BCUT2D eigenvalue weighted by Gasteiger charge is 2.06. The molecule has 0 saturated carbocycles. The number of hydrogen-bond donors (Lipinski definition) is 2. The van der Waals surface area contributed by atoms with Crippen LogP contribution in [0.25, 0.3) is 0 Å². The van der Waals surface area contributed by atoms with Gasteiger partial charge in [0, 0.05) is 6.42 Å². The molecule has 0 unspecified atom stereocenters. The smallest absolute Gasteiger partial charge is 0.143 e. The van der Waals surface area contributed by atoms with Gasteiger partial charge >= 0.3 is 0 Å². The van der Waals surface area contributed by atoms with E-state index in [0.717, 1.165) is 5.56 Å². The first kappa shape index (κ1) is 10.6. The van der Waals surface area contributed by atoms with Crippen LogP contribution in [-0.2, 0) is 6.42 Å². The molecule has 76 valence electrons. The summed E-state index contributed by atoms with van der Waals surface area (Å²) in [5.74, 6) is 0.704. The Kier molecular flexibility index (Phi) is 3.51. The largest absolute Gasteiger partial charge is 0.409 e. The molecule has 1 aromatic rings. The van der Waals surface area contributed by atoms with E-state index in [1.165, 1.54) is 5.56 Å². The molecule has 1 aromatic carbocycles. The maximum absolute atomic E-state index is 8.49. The second kappa shape index (κ2) is 4.65. The lowest BCUT2D eigenvalue weighted by atomic mass is 9.95. The van der Waals surface area contributed by atoms with Crippen molar-refractivity contribution in [3.8, 4) is 0 Å². The van der Waals surface area contributed by atoms with Crippen molar-refractivity contribution < 1.29 is 5.21 Å². The Hall–Kier alpha value is -1.51. The average Bonchev–Trinajstić information content (AvgIpc) is 2.18. The zero-order chi connectivity index (χ0) is 10.6. The van der Waals surface area contributed by atoms with Crippen LogP contribution in [0.3, 0.4) is 0 Å². The van der Waals surface area contributed by atoms with Gasteiger partial charge in [-0.3, -0.25) is 0 Å². The molecule has 3 N–H and O–H groups in total. The molecule has 0 aliphatic heterocycles. The van der Waals surface area contributed by atoms with Gasteiger partial charge in [0.2, 0.25) is 0 Å². The topological polar surface area (TPSA) is 58.6 Å². The standard InChI is InChI=1S/C11H16N2O/c1-8(2)10-6-4-3-5-9(10)7-11(12)13-14/h3-6,8,14H,7H2,1-2H3,(H2,12,13). The van der Waals surface area contributed by atoms with Crippen LogP contribution in [0, 0.1) is 0 Å². The number of rotatable bonds is 3. The highest BCUT2D eigenvalue weighted by Crippen LogP contribution is 2.19. The maximum atomic E-state index is 8.49. The van der Waals surface area contributed by atoms with Crippen molar-refractivity contribution in [2.24, 2.45) is 10.9 Å². The van der Waals surface area contributed by atoms with E-state index in [1.54, 1.807) is 0 Å². The number of amidine groups is 1. The zero-order valence-corrected chi connectivity index (χ0v) is 8.57. The van der Waals surface area contributed by atoms with E-state index in [1.807, 2.05) is 18.2 Å². The number of nitrogens with zero attached hydrogens (tertiary/aromatic N) is 1. The highest BCUT2D eigenvalue weighted by atomic mass is 16.4. The number of oxime groups is 1. The summed E-state index contributed by atoms with van der Waals surface area (Å²) in [7, 11) is 0. The van der Waals surface area contributed by atoms with Crippen molar-refractivity contribution in [3.05, 3.63) is 35.4 Å². The van der Waals surface area contributed by atoms with Crippen molar-refractivity contribution in [3.63, 3.8) is 0 Å². The normalized spacial score (nSPS) is 12.1. The molecule has 0 spiro atoms. The lowest BCUT2D eigenvalue weighted by Gasteiger charge is -2.11. The predicted molar refractivity (Wildman–Crippen MR) is 57.6 cm³/mol. The molecule has 0 aromatic heterocycles. The van der Waals surface area contributed by atoms with E-state index in [0.29, 0.717) is 12.3 Å². The second-order valence-corrected chi connectivity index (χ2v) is 3.62. The minimum absolute atomic E-state index is 0.248. The third-order valence-electron chi connectivity index (χ3n) is 2.18. The first-order valence-corrected chi connectivity index (χ1v) is 4.69. The fourth-order valence-corrected chi connectivity index (χ4v) is 1.49. The molecule has 14 heavy (non-hydrogen) atoms. The van der Waals surface area contributed by atoms with Crippen LogP contribution >= 0.6 is 0 Å². The molecule has 3 heteroatoms. The van der Waals surface area contributed by atoms with Gasteiger partial charge in [-0.05, 0) is 17.0 Å². The van der Waals surface area contributed by atoms with Gasteiger partial charge in [0.25, 0.3) is 0 Å². The van der Waals surface area contributed by atoms with Gasteiger partial charge in [0.1, 0.15) is 5.84 Å². The summed E-state index contributed by atoms with van der Waals surface area (Å²) in [5, 5.41) is 11.5. The van der Waals surface area contributed by atoms with E-state index >= 15 is 0 Å². The summed E-state index contributed by atoms with van der Waals surface area (Å²) in [5.41, 5.74) is 7.85. The molecular formula is C11H16N2O. The Labute approximate surface area is 84.2 Å². The molecule has 0 amide bonds. The van der Waals surface area contributed by atoms with E-state index in [4.69, 9.17) is 10.9 Å². The van der Waals surface area contributed by atoms with E-state index in [-0.39, 0.29) is 5.84 Å². The van der Waals surface area contributed by atoms with Gasteiger partial charge in [-0.2, -0.15) is 0 Å². The van der Waals surface area contributed by atoms with Crippen LogP contribution in [-0.4, -0.2) is 11.0 Å². The lowest BCUT2D eigenvalue weighted by molar-refractivity contribution is 0.317. The zero-order valence-electron chi connectivity index (χ0n) is 8.57. The molecule has 0 aliphatic rings.